The Hall–Kier alpha value is -1.93. The molecule has 0 fully saturated rings. The summed E-state index contributed by atoms with van der Waals surface area (Å²) in [5.41, 5.74) is 0.0745. The summed E-state index contributed by atoms with van der Waals surface area (Å²) < 4.78 is 31.6. The van der Waals surface area contributed by atoms with Gasteiger partial charge in [0.15, 0.2) is 6.61 Å². The fourth-order valence-corrected chi connectivity index (χ4v) is 3.33. The molecule has 0 aromatic heterocycles. The fourth-order valence-electron chi connectivity index (χ4n) is 2.04. The third-order valence-corrected chi connectivity index (χ3v) is 4.86. The summed E-state index contributed by atoms with van der Waals surface area (Å²) in [6, 6.07) is 5.25. The number of nitrogens with one attached hydrogen (secondary N) is 2. The highest BCUT2D eigenvalue weighted by Gasteiger charge is 2.18. The largest absolute Gasteiger partial charge is 0.452 e. The fraction of sp³-hybridized carbons (Fsp3) is 0.529. The van der Waals surface area contributed by atoms with E-state index in [2.05, 4.69) is 17.0 Å². The van der Waals surface area contributed by atoms with Crippen molar-refractivity contribution in [2.75, 3.05) is 13.2 Å². The lowest BCUT2D eigenvalue weighted by Crippen LogP contribution is -2.30. The molecule has 0 atom stereocenters. The lowest BCUT2D eigenvalue weighted by atomic mass is 10.2. The molecule has 0 unspecified atom stereocenters. The molecular weight excluding hydrogens is 344 g/mol. The molecule has 0 heterocycles. The molecule has 0 radical (unpaired) electrons. The predicted octanol–water partition coefficient (Wildman–Crippen LogP) is 1.84. The van der Waals surface area contributed by atoms with E-state index in [4.69, 9.17) is 4.74 Å². The van der Waals surface area contributed by atoms with E-state index >= 15 is 0 Å². The van der Waals surface area contributed by atoms with Gasteiger partial charge in [0.1, 0.15) is 0 Å². The van der Waals surface area contributed by atoms with E-state index < -0.39 is 22.6 Å². The Labute approximate surface area is 149 Å². The molecule has 1 aromatic rings. The molecule has 0 aliphatic carbocycles. The van der Waals surface area contributed by atoms with Crippen LogP contribution in [0.1, 0.15) is 50.4 Å². The van der Waals surface area contributed by atoms with E-state index in [1.165, 1.54) is 24.3 Å². The molecule has 0 bridgehead atoms. The van der Waals surface area contributed by atoms with Crippen LogP contribution in [-0.4, -0.2) is 39.5 Å². The molecule has 1 amide bonds. The van der Waals surface area contributed by atoms with Crippen LogP contribution in [0, 0.1) is 0 Å². The van der Waals surface area contributed by atoms with Crippen LogP contribution in [0.25, 0.3) is 0 Å². The lowest BCUT2D eigenvalue weighted by molar-refractivity contribution is -0.124. The zero-order chi connectivity index (χ0) is 18.9. The SMILES string of the molecule is CCCCCNC(=O)COC(=O)c1cccc(S(=O)(=O)NC(C)C)c1. The first-order valence-corrected chi connectivity index (χ1v) is 9.80. The van der Waals surface area contributed by atoms with Gasteiger partial charge in [-0.05, 0) is 38.5 Å². The normalized spacial score (nSPS) is 11.4. The minimum atomic E-state index is -3.70. The monoisotopic (exact) mass is 370 g/mol. The van der Waals surface area contributed by atoms with E-state index in [0.29, 0.717) is 6.54 Å². The minimum absolute atomic E-state index is 0.0281. The highest BCUT2D eigenvalue weighted by atomic mass is 32.2. The Balaban J connectivity index is 2.62. The van der Waals surface area contributed by atoms with Crippen LogP contribution in [0.15, 0.2) is 29.2 Å². The van der Waals surface area contributed by atoms with Crippen molar-refractivity contribution in [3.8, 4) is 0 Å². The van der Waals surface area contributed by atoms with Crippen molar-refractivity contribution in [1.29, 1.82) is 0 Å². The van der Waals surface area contributed by atoms with Gasteiger partial charge in [-0.3, -0.25) is 4.79 Å². The van der Waals surface area contributed by atoms with Crippen LogP contribution < -0.4 is 10.0 Å². The standard InChI is InChI=1S/C17H26N2O5S/c1-4-5-6-10-18-16(20)12-24-17(21)14-8-7-9-15(11-14)25(22,23)19-13(2)3/h7-9,11,13,19H,4-6,10,12H2,1-3H3,(H,18,20). The molecule has 0 aliphatic rings. The summed E-state index contributed by atoms with van der Waals surface area (Å²) in [6.45, 7) is 5.61. The number of ether oxygens (including phenoxy) is 1. The smallest absolute Gasteiger partial charge is 0.338 e. The first-order chi connectivity index (χ1) is 11.8. The van der Waals surface area contributed by atoms with Gasteiger partial charge in [-0.1, -0.05) is 25.8 Å². The maximum atomic E-state index is 12.1. The van der Waals surface area contributed by atoms with Crippen molar-refractivity contribution in [2.45, 2.75) is 51.0 Å². The van der Waals surface area contributed by atoms with Crippen LogP contribution in [0.2, 0.25) is 0 Å². The second kappa shape index (κ2) is 10.1. The summed E-state index contributed by atoms with van der Waals surface area (Å²) in [5.74, 6) is -1.12. The van der Waals surface area contributed by atoms with Crippen molar-refractivity contribution < 1.29 is 22.7 Å². The highest BCUT2D eigenvalue weighted by molar-refractivity contribution is 7.89. The molecule has 2 N–H and O–H groups in total. The number of rotatable bonds is 10. The van der Waals surface area contributed by atoms with E-state index in [-0.39, 0.29) is 22.4 Å². The number of hydrogen-bond acceptors (Lipinski definition) is 5. The van der Waals surface area contributed by atoms with Crippen molar-refractivity contribution >= 4 is 21.9 Å². The van der Waals surface area contributed by atoms with Gasteiger partial charge in [-0.2, -0.15) is 0 Å². The van der Waals surface area contributed by atoms with Crippen molar-refractivity contribution in [1.82, 2.24) is 10.0 Å². The number of amides is 1. The molecule has 1 rings (SSSR count). The van der Waals surface area contributed by atoms with Gasteiger partial charge < -0.3 is 10.1 Å². The molecule has 0 spiro atoms. The van der Waals surface area contributed by atoms with Gasteiger partial charge in [0, 0.05) is 12.6 Å². The van der Waals surface area contributed by atoms with E-state index in [0.717, 1.165) is 19.3 Å². The second-order valence-corrected chi connectivity index (χ2v) is 7.65. The Morgan fingerprint density at radius 2 is 1.92 bits per heavy atom. The zero-order valence-corrected chi connectivity index (χ0v) is 15.7. The van der Waals surface area contributed by atoms with Gasteiger partial charge in [-0.25, -0.2) is 17.9 Å². The van der Waals surface area contributed by atoms with Crippen molar-refractivity contribution in [2.24, 2.45) is 0 Å². The number of carbonyl (C=O) groups is 2. The van der Waals surface area contributed by atoms with Gasteiger partial charge in [0.05, 0.1) is 10.5 Å². The quantitative estimate of drug-likeness (QED) is 0.483. The van der Waals surface area contributed by atoms with Crippen LogP contribution in [0.3, 0.4) is 0 Å². The van der Waals surface area contributed by atoms with E-state index in [1.807, 2.05) is 0 Å². The summed E-state index contributed by atoms with van der Waals surface area (Å²) in [4.78, 5) is 23.6. The number of benzene rings is 1. The van der Waals surface area contributed by atoms with Gasteiger partial charge in [0.25, 0.3) is 5.91 Å². The third kappa shape index (κ3) is 7.66. The maximum absolute atomic E-state index is 12.1. The zero-order valence-electron chi connectivity index (χ0n) is 14.9. The first-order valence-electron chi connectivity index (χ1n) is 8.32. The average Bonchev–Trinajstić information content (AvgIpc) is 2.55. The Morgan fingerprint density at radius 1 is 1.20 bits per heavy atom. The van der Waals surface area contributed by atoms with Gasteiger partial charge in [0.2, 0.25) is 10.0 Å². The Morgan fingerprint density at radius 3 is 2.56 bits per heavy atom. The first kappa shape index (κ1) is 21.1. The molecule has 0 saturated heterocycles. The number of carbonyl (C=O) groups excluding carboxylic acids is 2. The van der Waals surface area contributed by atoms with Crippen molar-refractivity contribution in [3.05, 3.63) is 29.8 Å². The predicted molar refractivity (Wildman–Crippen MR) is 94.7 cm³/mol. The topological polar surface area (TPSA) is 102 Å². The number of esters is 1. The Kier molecular flexibility index (Phi) is 8.57. The van der Waals surface area contributed by atoms with Gasteiger partial charge in [-0.15, -0.1) is 0 Å². The molecule has 7 nitrogen and oxygen atoms in total. The maximum Gasteiger partial charge on any atom is 0.338 e. The summed E-state index contributed by atoms with van der Waals surface area (Å²) in [7, 11) is -3.70. The molecule has 8 heteroatoms. The lowest BCUT2D eigenvalue weighted by Gasteiger charge is -2.10. The van der Waals surface area contributed by atoms with E-state index in [9.17, 15) is 18.0 Å². The molecule has 1 aromatic carbocycles. The van der Waals surface area contributed by atoms with E-state index in [1.54, 1.807) is 13.8 Å². The third-order valence-electron chi connectivity index (χ3n) is 3.21. The molecule has 0 saturated carbocycles. The minimum Gasteiger partial charge on any atom is -0.452 e. The number of sulfonamides is 1. The highest BCUT2D eigenvalue weighted by Crippen LogP contribution is 2.13. The molecule has 140 valence electrons. The van der Waals surface area contributed by atoms with Crippen LogP contribution >= 0.6 is 0 Å². The molecule has 25 heavy (non-hydrogen) atoms. The van der Waals surface area contributed by atoms with Crippen LogP contribution in [0.5, 0.6) is 0 Å². The molecular formula is C17H26N2O5S. The molecule has 0 aliphatic heterocycles. The summed E-state index contributed by atoms with van der Waals surface area (Å²) >= 11 is 0. The summed E-state index contributed by atoms with van der Waals surface area (Å²) in [5, 5.41) is 2.66. The number of unbranched alkanes of at least 4 members (excludes halogenated alkanes) is 2. The Bertz CT molecular complexity index is 686. The van der Waals surface area contributed by atoms with Crippen molar-refractivity contribution in [3.63, 3.8) is 0 Å². The second-order valence-electron chi connectivity index (χ2n) is 5.94. The number of hydrogen-bond donors (Lipinski definition) is 2. The van der Waals surface area contributed by atoms with Crippen LogP contribution in [-0.2, 0) is 19.6 Å². The van der Waals surface area contributed by atoms with Gasteiger partial charge >= 0.3 is 5.97 Å². The van der Waals surface area contributed by atoms with Crippen LogP contribution in [0.4, 0.5) is 0 Å². The average molecular weight is 370 g/mol. The summed E-state index contributed by atoms with van der Waals surface area (Å²) in [6.07, 6.45) is 2.94.